The van der Waals surface area contributed by atoms with E-state index in [9.17, 15) is 0 Å². The number of hydrogen-bond donors (Lipinski definition) is 0. The Labute approximate surface area is 76.8 Å². The second kappa shape index (κ2) is 2.35. The highest BCUT2D eigenvalue weighted by atomic mass is 31.2. The van der Waals surface area contributed by atoms with Gasteiger partial charge < -0.3 is 0 Å². The number of allylic oxidation sites excluding steroid dienone is 2. The van der Waals surface area contributed by atoms with E-state index in [2.05, 4.69) is 39.1 Å². The Balaban J connectivity index is 2.36. The minimum atomic E-state index is -0.687. The van der Waals surface area contributed by atoms with Crippen LogP contribution in [0.4, 0.5) is 0 Å². The number of hydrogen-bond acceptors (Lipinski definition) is 0. The summed E-state index contributed by atoms with van der Waals surface area (Å²) in [7, 11) is -0.687. The third kappa shape index (κ3) is 0.880. The minimum absolute atomic E-state index is 0.660. The van der Waals surface area contributed by atoms with Crippen molar-refractivity contribution in [2.75, 3.05) is 20.0 Å². The molecule has 0 saturated heterocycles. The fraction of sp³-hybridized carbons (Fsp3) is 0.818. The fourth-order valence-electron chi connectivity index (χ4n) is 3.06. The smallest absolute Gasteiger partial charge is 0.0808 e. The molecule has 0 aromatic heterocycles. The maximum Gasteiger partial charge on any atom is 0.0887 e. The topological polar surface area (TPSA) is 0 Å². The van der Waals surface area contributed by atoms with Gasteiger partial charge in [0.25, 0.3) is 0 Å². The van der Waals surface area contributed by atoms with Crippen LogP contribution in [-0.2, 0) is 0 Å². The Bertz CT molecular complexity index is 208. The summed E-state index contributed by atoms with van der Waals surface area (Å²) in [6.45, 7) is 10.0. The van der Waals surface area contributed by atoms with E-state index in [1.165, 1.54) is 12.8 Å². The molecule has 0 heterocycles. The van der Waals surface area contributed by atoms with Crippen molar-refractivity contribution in [3.8, 4) is 0 Å². The first-order valence-corrected chi connectivity index (χ1v) is 8.09. The van der Waals surface area contributed by atoms with Crippen LogP contribution < -0.4 is 0 Å². The molecular weight excluding hydrogens is 163 g/mol. The van der Waals surface area contributed by atoms with E-state index in [0.717, 1.165) is 11.8 Å². The van der Waals surface area contributed by atoms with E-state index < -0.39 is 7.26 Å². The van der Waals surface area contributed by atoms with Crippen LogP contribution in [0, 0.1) is 11.8 Å². The molecule has 12 heavy (non-hydrogen) atoms. The molecule has 2 atom stereocenters. The quantitative estimate of drug-likeness (QED) is 0.432. The van der Waals surface area contributed by atoms with E-state index in [1.807, 2.05) is 0 Å². The number of rotatable bonds is 1. The normalized spacial score (nSPS) is 45.7. The molecule has 0 aromatic rings. The van der Waals surface area contributed by atoms with E-state index in [4.69, 9.17) is 0 Å². The molecular formula is C11H20P+. The molecule has 0 amide bonds. The van der Waals surface area contributed by atoms with Gasteiger partial charge in [-0.1, -0.05) is 12.2 Å². The Morgan fingerprint density at radius 3 is 1.67 bits per heavy atom. The average Bonchev–Trinajstić information content (AvgIpc) is 2.45. The molecule has 0 nitrogen and oxygen atoms in total. The van der Waals surface area contributed by atoms with Crippen LogP contribution >= 0.6 is 7.26 Å². The van der Waals surface area contributed by atoms with E-state index in [0.29, 0.717) is 5.16 Å². The lowest BCUT2D eigenvalue weighted by atomic mass is 9.98. The SMILES string of the molecule is CC1([P+](C)(C)C)C2C=CC1CC2. The molecule has 0 aromatic carbocycles. The maximum atomic E-state index is 2.53. The van der Waals surface area contributed by atoms with Gasteiger partial charge in [0.2, 0.25) is 0 Å². The van der Waals surface area contributed by atoms with Gasteiger partial charge in [0, 0.05) is 39.1 Å². The van der Waals surface area contributed by atoms with Gasteiger partial charge in [-0.2, -0.15) is 0 Å². The summed E-state index contributed by atoms with van der Waals surface area (Å²) >= 11 is 0. The molecule has 1 heteroatoms. The second-order valence-electron chi connectivity index (χ2n) is 5.41. The van der Waals surface area contributed by atoms with Gasteiger partial charge >= 0.3 is 0 Å². The van der Waals surface area contributed by atoms with Crippen molar-refractivity contribution in [2.45, 2.75) is 24.9 Å². The molecule has 0 spiro atoms. The first-order valence-electron chi connectivity index (χ1n) is 4.96. The average molecular weight is 183 g/mol. The Morgan fingerprint density at radius 1 is 1.08 bits per heavy atom. The van der Waals surface area contributed by atoms with Crippen LogP contribution in [0.3, 0.4) is 0 Å². The van der Waals surface area contributed by atoms with Crippen LogP contribution in [0.2, 0.25) is 0 Å². The highest BCUT2D eigenvalue weighted by Gasteiger charge is 2.59. The molecule has 2 aliphatic carbocycles. The van der Waals surface area contributed by atoms with Crippen LogP contribution in [-0.4, -0.2) is 25.2 Å². The van der Waals surface area contributed by atoms with Crippen molar-refractivity contribution < 1.29 is 0 Å². The van der Waals surface area contributed by atoms with E-state index in [-0.39, 0.29) is 0 Å². The van der Waals surface area contributed by atoms with Crippen LogP contribution in [0.25, 0.3) is 0 Å². The first-order chi connectivity index (χ1) is 5.46. The van der Waals surface area contributed by atoms with Crippen molar-refractivity contribution in [3.63, 3.8) is 0 Å². The standard InChI is InChI=1S/C11H20P/c1-11(12(2,3)4)9-5-6-10(11)8-7-9/h5-6,9-10H,7-8H2,1-4H3/q+1. The molecule has 68 valence electrons. The Kier molecular flexibility index (Phi) is 1.71. The van der Waals surface area contributed by atoms with Crippen molar-refractivity contribution in [1.82, 2.24) is 0 Å². The van der Waals surface area contributed by atoms with Gasteiger partial charge in [0.15, 0.2) is 0 Å². The van der Waals surface area contributed by atoms with Crippen molar-refractivity contribution in [2.24, 2.45) is 11.8 Å². The van der Waals surface area contributed by atoms with Gasteiger partial charge in [-0.15, -0.1) is 0 Å². The summed E-state index contributed by atoms with van der Waals surface area (Å²) in [5, 5.41) is 0.660. The summed E-state index contributed by atoms with van der Waals surface area (Å²) in [4.78, 5) is 0. The van der Waals surface area contributed by atoms with E-state index in [1.54, 1.807) is 0 Å². The lowest BCUT2D eigenvalue weighted by Gasteiger charge is -2.36. The largest absolute Gasteiger partial charge is 0.0887 e. The van der Waals surface area contributed by atoms with Crippen LogP contribution in [0.5, 0.6) is 0 Å². The summed E-state index contributed by atoms with van der Waals surface area (Å²) in [6.07, 6.45) is 7.88. The lowest BCUT2D eigenvalue weighted by Crippen LogP contribution is -2.33. The summed E-state index contributed by atoms with van der Waals surface area (Å²) in [5.41, 5.74) is 0. The van der Waals surface area contributed by atoms with Gasteiger partial charge in [0.1, 0.15) is 0 Å². The summed E-state index contributed by atoms with van der Waals surface area (Å²) < 4.78 is 0. The molecule has 0 aliphatic heterocycles. The summed E-state index contributed by atoms with van der Waals surface area (Å²) in [5.74, 6) is 1.83. The maximum absolute atomic E-state index is 2.53. The third-order valence-corrected chi connectivity index (χ3v) is 7.87. The van der Waals surface area contributed by atoms with E-state index >= 15 is 0 Å². The zero-order chi connectivity index (χ0) is 8.98. The molecule has 2 bridgehead atoms. The lowest BCUT2D eigenvalue weighted by molar-refractivity contribution is 0.513. The van der Waals surface area contributed by atoms with Gasteiger partial charge in [-0.05, 0) is 19.8 Å². The van der Waals surface area contributed by atoms with Gasteiger partial charge in [-0.3, -0.25) is 0 Å². The predicted octanol–water partition coefficient (Wildman–Crippen LogP) is 3.25. The molecule has 2 unspecified atom stereocenters. The molecule has 0 N–H and O–H groups in total. The third-order valence-electron chi connectivity index (χ3n) is 4.31. The molecule has 2 rings (SSSR count). The monoisotopic (exact) mass is 183 g/mol. The van der Waals surface area contributed by atoms with Crippen molar-refractivity contribution in [3.05, 3.63) is 12.2 Å². The predicted molar refractivity (Wildman–Crippen MR) is 58.5 cm³/mol. The second-order valence-corrected chi connectivity index (χ2v) is 10.4. The first kappa shape index (κ1) is 8.75. The van der Waals surface area contributed by atoms with Gasteiger partial charge in [0.05, 0.1) is 5.16 Å². The molecule has 1 fully saturated rings. The van der Waals surface area contributed by atoms with Crippen LogP contribution in [0.15, 0.2) is 12.2 Å². The molecule has 0 radical (unpaired) electrons. The Morgan fingerprint density at radius 2 is 1.50 bits per heavy atom. The van der Waals surface area contributed by atoms with Gasteiger partial charge in [-0.25, -0.2) is 0 Å². The molecule has 1 saturated carbocycles. The highest BCUT2D eigenvalue weighted by Crippen LogP contribution is 2.72. The molecule has 2 aliphatic rings. The number of fused-ring (bicyclic) bond motifs is 2. The van der Waals surface area contributed by atoms with Crippen molar-refractivity contribution in [1.29, 1.82) is 0 Å². The van der Waals surface area contributed by atoms with Crippen LogP contribution in [0.1, 0.15) is 19.8 Å². The zero-order valence-electron chi connectivity index (χ0n) is 8.67. The highest BCUT2D eigenvalue weighted by molar-refractivity contribution is 7.75. The fourth-order valence-corrected chi connectivity index (χ4v) is 5.48. The van der Waals surface area contributed by atoms with Crippen molar-refractivity contribution >= 4 is 7.26 Å². The Hall–Kier alpha value is 0.170. The summed E-state index contributed by atoms with van der Waals surface area (Å²) in [6, 6.07) is 0. The zero-order valence-corrected chi connectivity index (χ0v) is 9.57. The minimum Gasteiger partial charge on any atom is -0.0808 e.